The average molecular weight is 233 g/mol. The molecule has 0 heterocycles. The minimum Gasteiger partial charge on any atom is -0.478 e. The molecule has 2 N–H and O–H groups in total. The van der Waals surface area contributed by atoms with Crippen LogP contribution in [0.1, 0.15) is 28.4 Å². The van der Waals surface area contributed by atoms with Gasteiger partial charge in [-0.05, 0) is 43.2 Å². The maximum Gasteiger partial charge on any atom is 0.328 e. The summed E-state index contributed by atoms with van der Waals surface area (Å²) in [6, 6.07) is 5.25. The Bertz CT molecular complexity index is 464. The van der Waals surface area contributed by atoms with Crippen LogP contribution in [0.5, 0.6) is 0 Å². The van der Waals surface area contributed by atoms with E-state index >= 15 is 0 Å². The zero-order chi connectivity index (χ0) is 12.8. The molecule has 4 heteroatoms. The number of carbonyl (C=O) groups is 2. The molecule has 0 unspecified atom stereocenters. The van der Waals surface area contributed by atoms with Crippen molar-refractivity contribution in [2.45, 2.75) is 13.8 Å². The number of aliphatic carboxylic acids is 1. The highest BCUT2D eigenvalue weighted by Crippen LogP contribution is 2.11. The zero-order valence-electron chi connectivity index (χ0n) is 9.86. The Labute approximate surface area is 100.0 Å². The molecule has 0 aliphatic carbocycles. The number of nitrogens with one attached hydrogen (secondary N) is 1. The van der Waals surface area contributed by atoms with E-state index in [-0.39, 0.29) is 5.91 Å². The molecule has 0 atom stereocenters. The van der Waals surface area contributed by atoms with Gasteiger partial charge in [0, 0.05) is 18.2 Å². The fourth-order valence-electron chi connectivity index (χ4n) is 1.47. The SMILES string of the molecule is CCNC(=O)c1cc(C)cc(/C=C/C(=O)O)c1. The van der Waals surface area contributed by atoms with Crippen LogP contribution in [-0.2, 0) is 4.79 Å². The minimum atomic E-state index is -1.01. The molecule has 0 fully saturated rings. The summed E-state index contributed by atoms with van der Waals surface area (Å²) in [4.78, 5) is 22.0. The van der Waals surface area contributed by atoms with Crippen LogP contribution in [0.2, 0.25) is 0 Å². The van der Waals surface area contributed by atoms with Gasteiger partial charge in [0.2, 0.25) is 0 Å². The van der Waals surface area contributed by atoms with Crippen molar-refractivity contribution in [1.29, 1.82) is 0 Å². The van der Waals surface area contributed by atoms with Gasteiger partial charge in [-0.25, -0.2) is 4.79 Å². The lowest BCUT2D eigenvalue weighted by atomic mass is 10.1. The highest BCUT2D eigenvalue weighted by Gasteiger charge is 2.05. The molecule has 0 saturated heterocycles. The Hall–Kier alpha value is -2.10. The first-order valence-corrected chi connectivity index (χ1v) is 5.34. The van der Waals surface area contributed by atoms with E-state index < -0.39 is 5.97 Å². The Balaban J connectivity index is 3.02. The van der Waals surface area contributed by atoms with Gasteiger partial charge >= 0.3 is 5.97 Å². The van der Waals surface area contributed by atoms with E-state index in [9.17, 15) is 9.59 Å². The van der Waals surface area contributed by atoms with Crippen molar-refractivity contribution in [3.8, 4) is 0 Å². The number of hydrogen-bond donors (Lipinski definition) is 2. The Kier molecular flexibility index (Phi) is 4.46. The fraction of sp³-hybridized carbons (Fsp3) is 0.231. The summed E-state index contributed by atoms with van der Waals surface area (Å²) in [7, 11) is 0. The van der Waals surface area contributed by atoms with Crippen LogP contribution in [0.25, 0.3) is 6.08 Å². The van der Waals surface area contributed by atoms with Gasteiger partial charge in [-0.1, -0.05) is 6.07 Å². The van der Waals surface area contributed by atoms with Crippen molar-refractivity contribution in [3.05, 3.63) is 41.0 Å². The second-order valence-electron chi connectivity index (χ2n) is 3.66. The quantitative estimate of drug-likeness (QED) is 0.780. The van der Waals surface area contributed by atoms with Crippen LogP contribution in [0.3, 0.4) is 0 Å². The molecular formula is C13H15NO3. The van der Waals surface area contributed by atoms with E-state index in [0.717, 1.165) is 11.6 Å². The van der Waals surface area contributed by atoms with Gasteiger partial charge in [0.1, 0.15) is 0 Å². The van der Waals surface area contributed by atoms with Crippen molar-refractivity contribution in [1.82, 2.24) is 5.32 Å². The smallest absolute Gasteiger partial charge is 0.328 e. The predicted octanol–water partition coefficient (Wildman–Crippen LogP) is 1.84. The van der Waals surface area contributed by atoms with Crippen LogP contribution in [0.15, 0.2) is 24.3 Å². The first kappa shape index (κ1) is 13.0. The van der Waals surface area contributed by atoms with Crippen LogP contribution in [0, 0.1) is 6.92 Å². The molecule has 17 heavy (non-hydrogen) atoms. The van der Waals surface area contributed by atoms with E-state index in [1.807, 2.05) is 19.9 Å². The van der Waals surface area contributed by atoms with Gasteiger partial charge in [-0.3, -0.25) is 4.79 Å². The van der Waals surface area contributed by atoms with Crippen molar-refractivity contribution >= 4 is 18.0 Å². The molecule has 0 aromatic heterocycles. The second-order valence-corrected chi connectivity index (χ2v) is 3.66. The summed E-state index contributed by atoms with van der Waals surface area (Å²) < 4.78 is 0. The standard InChI is InChI=1S/C13H15NO3/c1-3-14-13(17)11-7-9(2)6-10(8-11)4-5-12(15)16/h4-8H,3H2,1-2H3,(H,14,17)(H,15,16)/b5-4+. The maximum atomic E-state index is 11.6. The molecule has 1 amide bonds. The molecule has 0 saturated carbocycles. The minimum absolute atomic E-state index is 0.152. The van der Waals surface area contributed by atoms with E-state index in [0.29, 0.717) is 17.7 Å². The van der Waals surface area contributed by atoms with Crippen LogP contribution >= 0.6 is 0 Å². The molecule has 0 aliphatic heterocycles. The molecule has 1 aromatic carbocycles. The second kappa shape index (κ2) is 5.84. The molecule has 0 radical (unpaired) electrons. The summed E-state index contributed by atoms with van der Waals surface area (Å²) in [5.74, 6) is -1.16. The van der Waals surface area contributed by atoms with E-state index in [2.05, 4.69) is 5.32 Å². The van der Waals surface area contributed by atoms with Crippen molar-refractivity contribution in [2.75, 3.05) is 6.54 Å². The van der Waals surface area contributed by atoms with Gasteiger partial charge in [0.25, 0.3) is 5.91 Å². The molecule has 0 aliphatic rings. The largest absolute Gasteiger partial charge is 0.478 e. The Morgan fingerprint density at radius 3 is 2.65 bits per heavy atom. The summed E-state index contributed by atoms with van der Waals surface area (Å²) in [5, 5.41) is 11.2. The lowest BCUT2D eigenvalue weighted by Gasteiger charge is -2.05. The number of carbonyl (C=O) groups excluding carboxylic acids is 1. The highest BCUT2D eigenvalue weighted by atomic mass is 16.4. The van der Waals surface area contributed by atoms with Crippen LogP contribution < -0.4 is 5.32 Å². The third-order valence-corrected chi connectivity index (χ3v) is 2.12. The lowest BCUT2D eigenvalue weighted by molar-refractivity contribution is -0.131. The number of benzene rings is 1. The van der Waals surface area contributed by atoms with Crippen LogP contribution in [-0.4, -0.2) is 23.5 Å². The predicted molar refractivity (Wildman–Crippen MR) is 65.9 cm³/mol. The monoisotopic (exact) mass is 233 g/mol. The molecule has 90 valence electrons. The molecule has 0 spiro atoms. The Morgan fingerprint density at radius 1 is 1.35 bits per heavy atom. The lowest BCUT2D eigenvalue weighted by Crippen LogP contribution is -2.22. The highest BCUT2D eigenvalue weighted by molar-refractivity contribution is 5.95. The summed E-state index contributed by atoms with van der Waals surface area (Å²) in [5.41, 5.74) is 2.16. The maximum absolute atomic E-state index is 11.6. The fourth-order valence-corrected chi connectivity index (χ4v) is 1.47. The molecule has 0 bridgehead atoms. The third-order valence-electron chi connectivity index (χ3n) is 2.12. The Morgan fingerprint density at radius 2 is 2.06 bits per heavy atom. The van der Waals surface area contributed by atoms with Crippen molar-refractivity contribution in [3.63, 3.8) is 0 Å². The summed E-state index contributed by atoms with van der Waals surface area (Å²) in [6.07, 6.45) is 2.52. The molecular weight excluding hydrogens is 218 g/mol. The third kappa shape index (κ3) is 4.10. The van der Waals surface area contributed by atoms with Gasteiger partial charge in [0.15, 0.2) is 0 Å². The zero-order valence-corrected chi connectivity index (χ0v) is 9.86. The number of hydrogen-bond acceptors (Lipinski definition) is 2. The van der Waals surface area contributed by atoms with Gasteiger partial charge in [-0.15, -0.1) is 0 Å². The molecule has 4 nitrogen and oxygen atoms in total. The first-order valence-electron chi connectivity index (χ1n) is 5.34. The number of rotatable bonds is 4. The van der Waals surface area contributed by atoms with Gasteiger partial charge < -0.3 is 10.4 Å². The van der Waals surface area contributed by atoms with Crippen molar-refractivity contribution in [2.24, 2.45) is 0 Å². The summed E-state index contributed by atoms with van der Waals surface area (Å²) in [6.45, 7) is 4.27. The normalized spacial score (nSPS) is 10.5. The number of amides is 1. The number of aryl methyl sites for hydroxylation is 1. The van der Waals surface area contributed by atoms with Crippen LogP contribution in [0.4, 0.5) is 0 Å². The van der Waals surface area contributed by atoms with Crippen molar-refractivity contribution < 1.29 is 14.7 Å². The average Bonchev–Trinajstić information content (AvgIpc) is 2.26. The van der Waals surface area contributed by atoms with E-state index in [4.69, 9.17) is 5.11 Å². The molecule has 1 rings (SSSR count). The first-order chi connectivity index (χ1) is 8.02. The van der Waals surface area contributed by atoms with E-state index in [1.54, 1.807) is 12.1 Å². The number of carboxylic acids is 1. The molecule has 1 aromatic rings. The van der Waals surface area contributed by atoms with Gasteiger partial charge in [0.05, 0.1) is 0 Å². The van der Waals surface area contributed by atoms with Gasteiger partial charge in [-0.2, -0.15) is 0 Å². The number of carboxylic acid groups (broad SMARTS) is 1. The topological polar surface area (TPSA) is 66.4 Å². The summed E-state index contributed by atoms with van der Waals surface area (Å²) >= 11 is 0. The van der Waals surface area contributed by atoms with E-state index in [1.165, 1.54) is 6.08 Å².